The zero-order valence-electron chi connectivity index (χ0n) is 10.2. The number of alkyl halides is 3. The molecule has 18 heavy (non-hydrogen) atoms. The molecular formula is C13H16F3NO. The van der Waals surface area contributed by atoms with Crippen LogP contribution in [0.15, 0.2) is 18.3 Å². The SMILES string of the molecule is CC1CCC(c2ccc(OC(F)(F)F)cn2)CC1. The number of nitrogens with zero attached hydrogens (tertiary/aromatic N) is 1. The summed E-state index contributed by atoms with van der Waals surface area (Å²) in [7, 11) is 0. The van der Waals surface area contributed by atoms with Crippen LogP contribution in [0.2, 0.25) is 0 Å². The summed E-state index contributed by atoms with van der Waals surface area (Å²) in [4.78, 5) is 4.09. The van der Waals surface area contributed by atoms with E-state index in [1.807, 2.05) is 0 Å². The molecule has 1 aliphatic rings. The molecule has 0 spiro atoms. The van der Waals surface area contributed by atoms with E-state index in [4.69, 9.17) is 0 Å². The molecule has 1 heterocycles. The topological polar surface area (TPSA) is 22.1 Å². The van der Waals surface area contributed by atoms with Crippen LogP contribution in [0.3, 0.4) is 0 Å². The van der Waals surface area contributed by atoms with Crippen LogP contribution in [-0.4, -0.2) is 11.3 Å². The predicted molar refractivity (Wildman–Crippen MR) is 61.3 cm³/mol. The van der Waals surface area contributed by atoms with Gasteiger partial charge in [-0.15, -0.1) is 13.2 Å². The Hall–Kier alpha value is -1.26. The second-order valence-corrected chi connectivity index (χ2v) is 4.92. The second kappa shape index (κ2) is 5.16. The van der Waals surface area contributed by atoms with Crippen molar-refractivity contribution in [3.8, 4) is 5.75 Å². The molecule has 0 radical (unpaired) electrons. The van der Waals surface area contributed by atoms with Crippen molar-refractivity contribution in [2.45, 2.75) is 44.9 Å². The summed E-state index contributed by atoms with van der Waals surface area (Å²) >= 11 is 0. The maximum absolute atomic E-state index is 12.0. The maximum atomic E-state index is 12.0. The van der Waals surface area contributed by atoms with Crippen molar-refractivity contribution in [2.75, 3.05) is 0 Å². The Morgan fingerprint density at radius 1 is 1.17 bits per heavy atom. The fourth-order valence-corrected chi connectivity index (χ4v) is 2.38. The molecule has 1 aromatic heterocycles. The molecule has 1 saturated carbocycles. The van der Waals surface area contributed by atoms with E-state index < -0.39 is 6.36 Å². The maximum Gasteiger partial charge on any atom is 0.573 e. The molecule has 5 heteroatoms. The Bertz CT molecular complexity index is 380. The minimum atomic E-state index is -4.65. The first kappa shape index (κ1) is 13.2. The highest BCUT2D eigenvalue weighted by Crippen LogP contribution is 2.35. The monoisotopic (exact) mass is 259 g/mol. The fraction of sp³-hybridized carbons (Fsp3) is 0.615. The van der Waals surface area contributed by atoms with Crippen LogP contribution < -0.4 is 4.74 Å². The number of rotatable bonds is 2. The summed E-state index contributed by atoms with van der Waals surface area (Å²) in [5.41, 5.74) is 0.872. The largest absolute Gasteiger partial charge is 0.573 e. The summed E-state index contributed by atoms with van der Waals surface area (Å²) in [6.07, 6.45) is 0.950. The van der Waals surface area contributed by atoms with Gasteiger partial charge in [0, 0.05) is 11.6 Å². The van der Waals surface area contributed by atoms with Crippen molar-refractivity contribution in [2.24, 2.45) is 5.92 Å². The third kappa shape index (κ3) is 3.62. The standard InChI is InChI=1S/C13H16F3NO/c1-9-2-4-10(5-3-9)12-7-6-11(8-17-12)18-13(14,15)16/h6-10H,2-5H2,1H3. The van der Waals surface area contributed by atoms with Crippen LogP contribution in [0.25, 0.3) is 0 Å². The Balaban J connectivity index is 1.99. The Morgan fingerprint density at radius 3 is 2.33 bits per heavy atom. The van der Waals surface area contributed by atoms with Crippen molar-refractivity contribution in [3.63, 3.8) is 0 Å². The van der Waals surface area contributed by atoms with E-state index in [1.165, 1.54) is 6.07 Å². The lowest BCUT2D eigenvalue weighted by Gasteiger charge is -2.25. The summed E-state index contributed by atoms with van der Waals surface area (Å²) in [6.45, 7) is 2.23. The quantitative estimate of drug-likeness (QED) is 0.791. The van der Waals surface area contributed by atoms with Gasteiger partial charge in [-0.05, 0) is 30.9 Å². The zero-order chi connectivity index (χ0) is 13.2. The van der Waals surface area contributed by atoms with Crippen molar-refractivity contribution in [1.82, 2.24) is 4.98 Å². The van der Waals surface area contributed by atoms with E-state index in [2.05, 4.69) is 16.6 Å². The van der Waals surface area contributed by atoms with Crippen LogP contribution in [0.4, 0.5) is 13.2 Å². The number of aromatic nitrogens is 1. The molecule has 0 atom stereocenters. The molecule has 100 valence electrons. The lowest BCUT2D eigenvalue weighted by molar-refractivity contribution is -0.274. The third-order valence-electron chi connectivity index (χ3n) is 3.43. The van der Waals surface area contributed by atoms with Crippen molar-refractivity contribution in [3.05, 3.63) is 24.0 Å². The molecule has 1 fully saturated rings. The Labute approximate surface area is 104 Å². The second-order valence-electron chi connectivity index (χ2n) is 4.92. The van der Waals surface area contributed by atoms with E-state index in [1.54, 1.807) is 6.07 Å². The van der Waals surface area contributed by atoms with Gasteiger partial charge in [0.25, 0.3) is 0 Å². The average molecular weight is 259 g/mol. The molecule has 1 aromatic rings. The predicted octanol–water partition coefficient (Wildman–Crippen LogP) is 4.27. The van der Waals surface area contributed by atoms with Crippen molar-refractivity contribution < 1.29 is 17.9 Å². The number of pyridine rings is 1. The van der Waals surface area contributed by atoms with Gasteiger partial charge in [-0.3, -0.25) is 4.98 Å². The molecule has 1 aliphatic carbocycles. The lowest BCUT2D eigenvalue weighted by Crippen LogP contribution is -2.17. The molecule has 0 unspecified atom stereocenters. The first-order chi connectivity index (χ1) is 8.44. The molecule has 0 N–H and O–H groups in total. The van der Waals surface area contributed by atoms with Crippen LogP contribution in [-0.2, 0) is 0 Å². The Kier molecular flexibility index (Phi) is 3.78. The van der Waals surface area contributed by atoms with E-state index in [0.29, 0.717) is 5.92 Å². The minimum absolute atomic E-state index is 0.254. The molecule has 0 bridgehead atoms. The van der Waals surface area contributed by atoms with Gasteiger partial charge >= 0.3 is 6.36 Å². The molecule has 0 aromatic carbocycles. The average Bonchev–Trinajstić information content (AvgIpc) is 2.29. The molecular weight excluding hydrogens is 243 g/mol. The molecule has 0 aliphatic heterocycles. The van der Waals surface area contributed by atoms with Gasteiger partial charge in [-0.1, -0.05) is 19.8 Å². The highest BCUT2D eigenvalue weighted by Gasteiger charge is 2.31. The minimum Gasteiger partial charge on any atom is -0.404 e. The van der Waals surface area contributed by atoms with Crippen LogP contribution in [0, 0.1) is 5.92 Å². The first-order valence-corrected chi connectivity index (χ1v) is 6.16. The third-order valence-corrected chi connectivity index (χ3v) is 3.43. The van der Waals surface area contributed by atoms with Gasteiger partial charge in [0.2, 0.25) is 0 Å². The summed E-state index contributed by atoms with van der Waals surface area (Å²) in [6, 6.07) is 2.98. The van der Waals surface area contributed by atoms with Gasteiger partial charge in [0.05, 0.1) is 6.20 Å². The number of hydrogen-bond donors (Lipinski definition) is 0. The highest BCUT2D eigenvalue weighted by atomic mass is 19.4. The van der Waals surface area contributed by atoms with Gasteiger partial charge in [-0.25, -0.2) is 0 Å². The smallest absolute Gasteiger partial charge is 0.404 e. The first-order valence-electron chi connectivity index (χ1n) is 6.16. The van der Waals surface area contributed by atoms with Gasteiger partial charge < -0.3 is 4.74 Å². The van der Waals surface area contributed by atoms with Gasteiger partial charge in [-0.2, -0.15) is 0 Å². The molecule has 0 amide bonds. The van der Waals surface area contributed by atoms with E-state index >= 15 is 0 Å². The highest BCUT2D eigenvalue weighted by molar-refractivity contribution is 5.22. The fourth-order valence-electron chi connectivity index (χ4n) is 2.38. The Morgan fingerprint density at radius 2 is 1.83 bits per heavy atom. The summed E-state index contributed by atoms with van der Waals surface area (Å²) in [5.74, 6) is 0.866. The van der Waals surface area contributed by atoms with E-state index in [0.717, 1.165) is 43.5 Å². The lowest BCUT2D eigenvalue weighted by atomic mass is 9.81. The van der Waals surface area contributed by atoms with Crippen LogP contribution >= 0.6 is 0 Å². The van der Waals surface area contributed by atoms with Crippen LogP contribution in [0.5, 0.6) is 5.75 Å². The number of hydrogen-bond acceptors (Lipinski definition) is 2. The molecule has 2 nitrogen and oxygen atoms in total. The van der Waals surface area contributed by atoms with Gasteiger partial charge in [0.15, 0.2) is 0 Å². The van der Waals surface area contributed by atoms with Crippen molar-refractivity contribution in [1.29, 1.82) is 0 Å². The molecule has 0 saturated heterocycles. The van der Waals surface area contributed by atoms with Crippen LogP contribution in [0.1, 0.15) is 44.2 Å². The number of ether oxygens (including phenoxy) is 1. The molecule has 2 rings (SSSR count). The van der Waals surface area contributed by atoms with E-state index in [-0.39, 0.29) is 5.75 Å². The number of halogens is 3. The zero-order valence-corrected chi connectivity index (χ0v) is 10.2. The van der Waals surface area contributed by atoms with Gasteiger partial charge in [0.1, 0.15) is 5.75 Å². The summed E-state index contributed by atoms with van der Waals surface area (Å²) in [5, 5.41) is 0. The van der Waals surface area contributed by atoms with E-state index in [9.17, 15) is 13.2 Å². The van der Waals surface area contributed by atoms with Crippen molar-refractivity contribution >= 4 is 0 Å². The summed E-state index contributed by atoms with van der Waals surface area (Å²) < 4.78 is 39.8. The normalized spacial score (nSPS) is 24.9.